The van der Waals surface area contributed by atoms with Gasteiger partial charge in [-0.3, -0.25) is 0 Å². The van der Waals surface area contributed by atoms with Crippen molar-refractivity contribution in [2.75, 3.05) is 6.54 Å². The number of aliphatic hydroxyl groups excluding tert-OH is 1. The lowest BCUT2D eigenvalue weighted by Gasteiger charge is -2.18. The van der Waals surface area contributed by atoms with Crippen molar-refractivity contribution in [2.45, 2.75) is 19.1 Å². The van der Waals surface area contributed by atoms with Gasteiger partial charge in [-0.15, -0.1) is 0 Å². The van der Waals surface area contributed by atoms with Crippen molar-refractivity contribution in [1.29, 1.82) is 0 Å². The summed E-state index contributed by atoms with van der Waals surface area (Å²) >= 11 is 3.42. The summed E-state index contributed by atoms with van der Waals surface area (Å²) in [6.45, 7) is 2.27. The van der Waals surface area contributed by atoms with Crippen LogP contribution in [-0.2, 0) is 0 Å². The number of nitrogens with one attached hydrogen (secondary N) is 1. The summed E-state index contributed by atoms with van der Waals surface area (Å²) < 4.78 is 6.50. The van der Waals surface area contributed by atoms with Crippen LogP contribution in [0.2, 0.25) is 0 Å². The minimum absolute atomic E-state index is 0.0392. The molecule has 1 aromatic heterocycles. The van der Waals surface area contributed by atoms with E-state index in [1.165, 1.54) is 0 Å². The molecule has 96 valence electrons. The third-order valence-corrected chi connectivity index (χ3v) is 3.18. The summed E-state index contributed by atoms with van der Waals surface area (Å²) in [5, 5.41) is 12.7. The zero-order valence-corrected chi connectivity index (χ0v) is 11.7. The van der Waals surface area contributed by atoms with E-state index in [0.29, 0.717) is 6.54 Å². The number of hydrogen-bond donors (Lipinski definition) is 2. The topological polar surface area (TPSA) is 45.4 Å². The van der Waals surface area contributed by atoms with Gasteiger partial charge in [-0.25, -0.2) is 0 Å². The molecule has 18 heavy (non-hydrogen) atoms. The molecule has 0 unspecified atom stereocenters. The number of hydrogen-bond acceptors (Lipinski definition) is 3. The first-order valence-corrected chi connectivity index (χ1v) is 6.66. The minimum atomic E-state index is -0.391. The van der Waals surface area contributed by atoms with E-state index in [4.69, 9.17) is 4.42 Å². The van der Waals surface area contributed by atoms with Gasteiger partial charge in [-0.2, -0.15) is 0 Å². The highest BCUT2D eigenvalue weighted by atomic mass is 79.9. The average Bonchev–Trinajstić information content (AvgIpc) is 2.85. The number of aliphatic hydroxyl groups is 1. The van der Waals surface area contributed by atoms with Crippen LogP contribution in [0.5, 0.6) is 0 Å². The summed E-state index contributed by atoms with van der Waals surface area (Å²) in [4.78, 5) is 0. The van der Waals surface area contributed by atoms with E-state index < -0.39 is 6.10 Å². The molecule has 0 saturated heterocycles. The third kappa shape index (κ3) is 3.45. The van der Waals surface area contributed by atoms with E-state index in [9.17, 15) is 5.11 Å². The summed E-state index contributed by atoms with van der Waals surface area (Å²) in [6, 6.07) is 11.8. The molecule has 2 rings (SSSR count). The van der Waals surface area contributed by atoms with Crippen LogP contribution in [0.4, 0.5) is 0 Å². The molecule has 4 heteroatoms. The van der Waals surface area contributed by atoms with Crippen LogP contribution in [-0.4, -0.2) is 17.8 Å². The lowest BCUT2D eigenvalue weighted by atomic mass is 10.0. The standard InChI is InChI=1S/C14H16BrNO2/c1-10(17)9-16-14(13-3-2-8-18-13)11-4-6-12(15)7-5-11/h2-8,10,14,16-17H,9H2,1H3/t10-,14+/m0/s1. The van der Waals surface area contributed by atoms with Gasteiger partial charge in [-0.1, -0.05) is 28.1 Å². The molecule has 1 aromatic carbocycles. The maximum atomic E-state index is 9.39. The van der Waals surface area contributed by atoms with Crippen molar-refractivity contribution in [3.05, 3.63) is 58.5 Å². The number of furan rings is 1. The molecule has 0 aliphatic carbocycles. The summed E-state index contributed by atoms with van der Waals surface area (Å²) in [6.07, 6.45) is 1.27. The predicted octanol–water partition coefficient (Wildman–Crippen LogP) is 3.10. The van der Waals surface area contributed by atoms with Gasteiger partial charge in [-0.05, 0) is 36.8 Å². The largest absolute Gasteiger partial charge is 0.467 e. The molecule has 2 atom stereocenters. The Morgan fingerprint density at radius 2 is 2.00 bits per heavy atom. The second kappa shape index (κ2) is 6.18. The summed E-state index contributed by atoms with van der Waals surface area (Å²) in [5.74, 6) is 0.845. The number of rotatable bonds is 5. The average molecular weight is 310 g/mol. The molecule has 0 amide bonds. The van der Waals surface area contributed by atoms with Crippen molar-refractivity contribution in [3.8, 4) is 0 Å². The quantitative estimate of drug-likeness (QED) is 0.892. The molecule has 3 nitrogen and oxygen atoms in total. The van der Waals surface area contributed by atoms with E-state index >= 15 is 0 Å². The predicted molar refractivity (Wildman–Crippen MR) is 74.4 cm³/mol. The van der Waals surface area contributed by atoms with Crippen LogP contribution >= 0.6 is 15.9 Å². The number of halogens is 1. The zero-order chi connectivity index (χ0) is 13.0. The lowest BCUT2D eigenvalue weighted by Crippen LogP contribution is -2.29. The Morgan fingerprint density at radius 3 is 2.56 bits per heavy atom. The fourth-order valence-electron chi connectivity index (χ4n) is 1.78. The van der Waals surface area contributed by atoms with Crippen LogP contribution < -0.4 is 5.32 Å². The van der Waals surface area contributed by atoms with Crippen molar-refractivity contribution in [1.82, 2.24) is 5.32 Å². The van der Waals surface area contributed by atoms with Gasteiger partial charge in [0.25, 0.3) is 0 Å². The van der Waals surface area contributed by atoms with Gasteiger partial charge in [0.1, 0.15) is 5.76 Å². The second-order valence-electron chi connectivity index (χ2n) is 4.26. The fraction of sp³-hybridized carbons (Fsp3) is 0.286. The second-order valence-corrected chi connectivity index (χ2v) is 5.17. The van der Waals surface area contributed by atoms with Crippen LogP contribution in [0.25, 0.3) is 0 Å². The highest BCUT2D eigenvalue weighted by Crippen LogP contribution is 2.24. The van der Waals surface area contributed by atoms with Gasteiger partial charge < -0.3 is 14.8 Å². The van der Waals surface area contributed by atoms with Crippen molar-refractivity contribution in [3.63, 3.8) is 0 Å². The molecular weight excluding hydrogens is 294 g/mol. The van der Waals surface area contributed by atoms with Gasteiger partial charge in [0.15, 0.2) is 0 Å². The minimum Gasteiger partial charge on any atom is -0.467 e. The maximum absolute atomic E-state index is 9.39. The van der Waals surface area contributed by atoms with Crippen LogP contribution in [0.1, 0.15) is 24.3 Å². The lowest BCUT2D eigenvalue weighted by molar-refractivity contribution is 0.186. The summed E-state index contributed by atoms with van der Waals surface area (Å²) in [7, 11) is 0. The normalized spacial score (nSPS) is 14.4. The van der Waals surface area contributed by atoms with E-state index in [0.717, 1.165) is 15.8 Å². The van der Waals surface area contributed by atoms with Crippen LogP contribution in [0.15, 0.2) is 51.6 Å². The SMILES string of the molecule is C[C@H](O)CN[C@H](c1ccc(Br)cc1)c1ccco1. The Hall–Kier alpha value is -1.10. The Labute approximate surface area is 115 Å². The molecule has 1 heterocycles. The molecule has 2 aromatic rings. The van der Waals surface area contributed by atoms with Gasteiger partial charge in [0.2, 0.25) is 0 Å². The molecule has 0 aliphatic rings. The Bertz CT molecular complexity index is 465. The highest BCUT2D eigenvalue weighted by molar-refractivity contribution is 9.10. The first-order chi connectivity index (χ1) is 8.66. The molecule has 0 fully saturated rings. The molecule has 0 saturated carbocycles. The smallest absolute Gasteiger partial charge is 0.125 e. The van der Waals surface area contributed by atoms with E-state index in [1.54, 1.807) is 13.2 Å². The third-order valence-electron chi connectivity index (χ3n) is 2.65. The molecule has 0 spiro atoms. The number of benzene rings is 1. The fourth-order valence-corrected chi connectivity index (χ4v) is 2.05. The highest BCUT2D eigenvalue weighted by Gasteiger charge is 2.16. The van der Waals surface area contributed by atoms with Crippen molar-refractivity contribution in [2.24, 2.45) is 0 Å². The van der Waals surface area contributed by atoms with Gasteiger partial charge >= 0.3 is 0 Å². The van der Waals surface area contributed by atoms with E-state index in [2.05, 4.69) is 21.2 Å². The Kier molecular flexibility index (Phi) is 4.58. The van der Waals surface area contributed by atoms with Crippen LogP contribution in [0.3, 0.4) is 0 Å². The molecule has 0 aliphatic heterocycles. The molecule has 2 N–H and O–H groups in total. The molecule has 0 bridgehead atoms. The monoisotopic (exact) mass is 309 g/mol. The van der Waals surface area contributed by atoms with Crippen molar-refractivity contribution >= 4 is 15.9 Å². The first kappa shape index (κ1) is 13.3. The molecular formula is C14H16BrNO2. The van der Waals surface area contributed by atoms with E-state index in [-0.39, 0.29) is 6.04 Å². The Balaban J connectivity index is 2.21. The Morgan fingerprint density at radius 1 is 1.28 bits per heavy atom. The van der Waals surface area contributed by atoms with E-state index in [1.807, 2.05) is 36.4 Å². The van der Waals surface area contributed by atoms with Crippen molar-refractivity contribution < 1.29 is 9.52 Å². The zero-order valence-electron chi connectivity index (χ0n) is 10.1. The summed E-state index contributed by atoms with van der Waals surface area (Å²) in [5.41, 5.74) is 1.11. The first-order valence-electron chi connectivity index (χ1n) is 5.87. The van der Waals surface area contributed by atoms with Crippen LogP contribution in [0, 0.1) is 0 Å². The maximum Gasteiger partial charge on any atom is 0.125 e. The van der Waals surface area contributed by atoms with Gasteiger partial charge in [0, 0.05) is 11.0 Å². The van der Waals surface area contributed by atoms with Gasteiger partial charge in [0.05, 0.1) is 18.4 Å². The molecule has 0 radical (unpaired) electrons.